The summed E-state index contributed by atoms with van der Waals surface area (Å²) in [6.07, 6.45) is 4.96. The minimum absolute atomic E-state index is 0.104. The van der Waals surface area contributed by atoms with Crippen molar-refractivity contribution >= 4 is 23.3 Å². The van der Waals surface area contributed by atoms with E-state index in [1.54, 1.807) is 18.5 Å². The van der Waals surface area contributed by atoms with E-state index in [9.17, 15) is 5.26 Å². The van der Waals surface area contributed by atoms with Gasteiger partial charge in [-0.1, -0.05) is 36.4 Å². The van der Waals surface area contributed by atoms with Crippen LogP contribution in [0.3, 0.4) is 0 Å². The molecule has 0 aliphatic carbocycles. The molecule has 0 spiro atoms. The number of nitrogens with two attached hydrogens (primary N) is 1. The highest BCUT2D eigenvalue weighted by atomic mass is 15.2. The number of aromatic nitrogens is 2. The molecule has 1 heterocycles. The van der Waals surface area contributed by atoms with E-state index in [0.29, 0.717) is 11.7 Å². The van der Waals surface area contributed by atoms with Gasteiger partial charge in [0.2, 0.25) is 0 Å². The van der Waals surface area contributed by atoms with Crippen molar-refractivity contribution in [2.45, 2.75) is 12.8 Å². The maximum Gasteiger partial charge on any atom is 0.145 e. The Hall–Kier alpha value is -3.56. The van der Waals surface area contributed by atoms with E-state index in [0.717, 1.165) is 22.0 Å². The highest BCUT2D eigenvalue weighted by Gasteiger charge is 2.19. The topological polar surface area (TPSA) is 92.3 Å². The van der Waals surface area contributed by atoms with E-state index in [2.05, 4.69) is 52.0 Å². The highest BCUT2D eigenvalue weighted by Crippen LogP contribution is 2.27. The summed E-state index contributed by atoms with van der Waals surface area (Å²) in [5.41, 5.74) is 7.33. The van der Waals surface area contributed by atoms with E-state index in [1.165, 1.54) is 0 Å². The van der Waals surface area contributed by atoms with Gasteiger partial charge in [0, 0.05) is 11.8 Å². The third-order valence-electron chi connectivity index (χ3n) is 4.25. The smallest absolute Gasteiger partial charge is 0.145 e. The fourth-order valence-corrected chi connectivity index (χ4v) is 2.92. The molecule has 3 aromatic rings. The molecule has 0 radical (unpaired) electrons. The minimum atomic E-state index is -0.361. The molecule has 2 N–H and O–H groups in total. The summed E-state index contributed by atoms with van der Waals surface area (Å²) in [7, 11) is 0. The van der Waals surface area contributed by atoms with Crippen LogP contribution in [0.15, 0.2) is 70.9 Å². The summed E-state index contributed by atoms with van der Waals surface area (Å²) in [5, 5.41) is 11.7. The molecular weight excluding hydrogens is 336 g/mol. The number of rotatable bonds is 5. The van der Waals surface area contributed by atoms with Crippen LogP contribution in [-0.2, 0) is 0 Å². The first-order chi connectivity index (χ1) is 13.2. The van der Waals surface area contributed by atoms with Crippen LogP contribution in [0.25, 0.3) is 22.2 Å². The van der Waals surface area contributed by atoms with Gasteiger partial charge in [0.15, 0.2) is 0 Å². The van der Waals surface area contributed by atoms with Crippen LogP contribution in [0.4, 0.5) is 0 Å². The lowest BCUT2D eigenvalue weighted by atomic mass is 10.1. The van der Waals surface area contributed by atoms with E-state index in [4.69, 9.17) is 5.73 Å². The molecule has 1 aromatic heterocycles. The maximum absolute atomic E-state index is 9.42. The summed E-state index contributed by atoms with van der Waals surface area (Å²) in [6.45, 7) is 5.39. The van der Waals surface area contributed by atoms with Crippen molar-refractivity contribution in [3.05, 3.63) is 66.6 Å². The number of nitriles is 1. The Morgan fingerprint density at radius 2 is 2.11 bits per heavy atom. The van der Waals surface area contributed by atoms with Crippen molar-refractivity contribution in [3.8, 4) is 17.5 Å². The Bertz CT molecular complexity index is 1070. The second kappa shape index (κ2) is 8.21. The van der Waals surface area contributed by atoms with Gasteiger partial charge < -0.3 is 5.73 Å². The zero-order chi connectivity index (χ0) is 19.2. The molecular formula is C21H20N6. The first-order valence-electron chi connectivity index (χ1n) is 8.53. The van der Waals surface area contributed by atoms with Crippen LogP contribution in [0.1, 0.15) is 18.5 Å². The molecule has 0 aliphatic heterocycles. The molecule has 27 heavy (non-hydrogen) atoms. The molecule has 6 nitrogen and oxygen atoms in total. The average molecular weight is 356 g/mol. The number of hydrogen-bond acceptors (Lipinski definition) is 5. The molecule has 6 heteroatoms. The average Bonchev–Trinajstić information content (AvgIpc) is 3.15. The predicted octanol–water partition coefficient (Wildman–Crippen LogP) is 3.71. The molecule has 0 aliphatic rings. The monoisotopic (exact) mass is 356 g/mol. The Morgan fingerprint density at radius 3 is 2.81 bits per heavy atom. The van der Waals surface area contributed by atoms with Crippen molar-refractivity contribution in [2.24, 2.45) is 15.7 Å². The maximum atomic E-state index is 9.42. The van der Waals surface area contributed by atoms with Crippen LogP contribution in [-0.4, -0.2) is 28.8 Å². The van der Waals surface area contributed by atoms with Crippen molar-refractivity contribution in [2.75, 3.05) is 6.67 Å². The zero-order valence-electron chi connectivity index (χ0n) is 15.1. The van der Waals surface area contributed by atoms with Gasteiger partial charge in [-0.25, -0.2) is 4.98 Å². The Morgan fingerprint density at radius 1 is 1.33 bits per heavy atom. The molecule has 0 amide bonds. The van der Waals surface area contributed by atoms with E-state index in [1.807, 2.05) is 29.7 Å². The third kappa shape index (κ3) is 3.68. The van der Waals surface area contributed by atoms with Crippen molar-refractivity contribution < 1.29 is 0 Å². The quantitative estimate of drug-likeness (QED) is 0.558. The van der Waals surface area contributed by atoms with Gasteiger partial charge in [-0.2, -0.15) is 5.26 Å². The number of benzene rings is 2. The van der Waals surface area contributed by atoms with Crippen LogP contribution in [0, 0.1) is 11.3 Å². The second-order valence-corrected chi connectivity index (χ2v) is 5.95. The van der Waals surface area contributed by atoms with Crippen LogP contribution >= 0.6 is 0 Å². The lowest BCUT2D eigenvalue weighted by Gasteiger charge is -2.14. The van der Waals surface area contributed by atoms with Crippen molar-refractivity contribution in [3.63, 3.8) is 0 Å². The lowest BCUT2D eigenvalue weighted by Crippen LogP contribution is -2.17. The molecule has 0 fully saturated rings. The SMILES string of the molecule is C=N/C=C\C(=N/CN)n1c(C(C)C#N)cnc1-c1ccc2ccccc2c1. The summed E-state index contributed by atoms with van der Waals surface area (Å²) >= 11 is 0. The largest absolute Gasteiger partial charge is 0.312 e. The van der Waals surface area contributed by atoms with Crippen molar-refractivity contribution in [1.82, 2.24) is 9.55 Å². The van der Waals surface area contributed by atoms with Gasteiger partial charge >= 0.3 is 0 Å². The van der Waals surface area contributed by atoms with Crippen LogP contribution in [0.2, 0.25) is 0 Å². The Balaban J connectivity index is 2.24. The fourth-order valence-electron chi connectivity index (χ4n) is 2.92. The molecule has 0 bridgehead atoms. The molecule has 3 rings (SSSR count). The first kappa shape index (κ1) is 18.2. The molecule has 1 unspecified atom stereocenters. The zero-order valence-corrected chi connectivity index (χ0v) is 15.1. The Kier molecular flexibility index (Phi) is 5.55. The number of aliphatic imine (C=N–C) groups is 2. The van der Waals surface area contributed by atoms with Crippen LogP contribution < -0.4 is 5.73 Å². The van der Waals surface area contributed by atoms with Gasteiger partial charge in [-0.15, -0.1) is 0 Å². The first-order valence-corrected chi connectivity index (χ1v) is 8.53. The molecule has 0 saturated heterocycles. The summed E-state index contributed by atoms with van der Waals surface area (Å²) in [4.78, 5) is 12.7. The summed E-state index contributed by atoms with van der Waals surface area (Å²) in [5.74, 6) is 0.890. The predicted molar refractivity (Wildman–Crippen MR) is 110 cm³/mol. The number of allylic oxidation sites excluding steroid dienone is 1. The normalized spacial score (nSPS) is 13.0. The molecule has 134 valence electrons. The van der Waals surface area contributed by atoms with Gasteiger partial charge in [-0.05, 0) is 36.6 Å². The van der Waals surface area contributed by atoms with E-state index >= 15 is 0 Å². The lowest BCUT2D eigenvalue weighted by molar-refractivity contribution is 0.885. The number of fused-ring (bicyclic) bond motifs is 1. The van der Waals surface area contributed by atoms with Gasteiger partial charge in [0.1, 0.15) is 11.7 Å². The van der Waals surface area contributed by atoms with Crippen molar-refractivity contribution in [1.29, 1.82) is 5.26 Å². The second-order valence-electron chi connectivity index (χ2n) is 5.95. The van der Waals surface area contributed by atoms with Gasteiger partial charge in [0.05, 0.1) is 30.5 Å². The number of imidazole rings is 1. The number of hydrogen-bond donors (Lipinski definition) is 1. The third-order valence-corrected chi connectivity index (χ3v) is 4.25. The number of nitrogens with zero attached hydrogens (tertiary/aromatic N) is 5. The Labute approximate surface area is 158 Å². The van der Waals surface area contributed by atoms with Gasteiger partial charge in [0.25, 0.3) is 0 Å². The summed E-state index contributed by atoms with van der Waals surface area (Å²) in [6, 6.07) is 16.5. The minimum Gasteiger partial charge on any atom is -0.312 e. The van der Waals surface area contributed by atoms with E-state index in [-0.39, 0.29) is 12.6 Å². The molecule has 2 aromatic carbocycles. The summed E-state index contributed by atoms with van der Waals surface area (Å²) < 4.78 is 1.85. The molecule has 0 saturated carbocycles. The standard InChI is InChI=1S/C21H20N6/c1-15(12-22)19-13-25-21(27(19)20(26-14-23)9-10-24-2)18-8-7-16-5-3-4-6-17(16)11-18/h3-11,13,15H,2,14,23H2,1H3/b10-9-,26-20+. The van der Waals surface area contributed by atoms with Gasteiger partial charge in [-0.3, -0.25) is 14.6 Å². The van der Waals surface area contributed by atoms with E-state index < -0.39 is 0 Å². The highest BCUT2D eigenvalue weighted by molar-refractivity contribution is 5.98. The van der Waals surface area contributed by atoms with Crippen LogP contribution in [0.5, 0.6) is 0 Å². The fraction of sp³-hybridized carbons (Fsp3) is 0.143. The molecule has 1 atom stereocenters.